The van der Waals surface area contributed by atoms with Crippen LogP contribution >= 0.6 is 0 Å². The first-order chi connectivity index (χ1) is 14.7. The lowest BCUT2D eigenvalue weighted by Gasteiger charge is -2.25. The van der Waals surface area contributed by atoms with E-state index in [4.69, 9.17) is 4.98 Å². The Hall–Kier alpha value is -2.97. The Morgan fingerprint density at radius 3 is 2.80 bits per heavy atom. The molecule has 5 rings (SSSR count). The molecule has 2 aromatic heterocycles. The van der Waals surface area contributed by atoms with Gasteiger partial charge in [0, 0.05) is 48.8 Å². The third kappa shape index (κ3) is 4.15. The van der Waals surface area contributed by atoms with E-state index in [9.17, 15) is 0 Å². The van der Waals surface area contributed by atoms with Gasteiger partial charge in [0.25, 0.3) is 0 Å². The van der Waals surface area contributed by atoms with E-state index in [-0.39, 0.29) is 0 Å². The normalized spacial score (nSPS) is 16.8. The molecule has 0 aliphatic carbocycles. The highest BCUT2D eigenvalue weighted by Crippen LogP contribution is 2.29. The SMILES string of the molecule is Cn1cc(-c2cnc(Nc3ccc4c(c3)CNCC4)nc2NC2CCNCC2)cn1. The van der Waals surface area contributed by atoms with E-state index >= 15 is 0 Å². The van der Waals surface area contributed by atoms with Crippen LogP contribution in [0.5, 0.6) is 0 Å². The van der Waals surface area contributed by atoms with Gasteiger partial charge in [-0.15, -0.1) is 0 Å². The predicted molar refractivity (Wildman–Crippen MR) is 119 cm³/mol. The smallest absolute Gasteiger partial charge is 0.229 e. The molecule has 0 radical (unpaired) electrons. The Morgan fingerprint density at radius 1 is 1.07 bits per heavy atom. The third-order valence-electron chi connectivity index (χ3n) is 5.83. The molecular weight excluding hydrogens is 376 g/mol. The molecule has 8 heteroatoms. The average Bonchev–Trinajstić information content (AvgIpc) is 3.21. The number of rotatable bonds is 5. The number of hydrogen-bond acceptors (Lipinski definition) is 7. The van der Waals surface area contributed by atoms with Crippen molar-refractivity contribution in [1.29, 1.82) is 0 Å². The van der Waals surface area contributed by atoms with Gasteiger partial charge >= 0.3 is 0 Å². The van der Waals surface area contributed by atoms with Gasteiger partial charge in [-0.1, -0.05) is 6.07 Å². The molecule has 0 unspecified atom stereocenters. The largest absolute Gasteiger partial charge is 0.367 e. The van der Waals surface area contributed by atoms with Crippen LogP contribution in [0.25, 0.3) is 11.1 Å². The lowest BCUT2D eigenvalue weighted by molar-refractivity contribution is 0.478. The molecule has 3 aromatic rings. The van der Waals surface area contributed by atoms with Gasteiger partial charge in [0.05, 0.1) is 6.20 Å². The van der Waals surface area contributed by atoms with Gasteiger partial charge in [-0.3, -0.25) is 4.68 Å². The Kier molecular flexibility index (Phi) is 5.33. The van der Waals surface area contributed by atoms with Crippen LogP contribution in [0.15, 0.2) is 36.8 Å². The number of benzene rings is 1. The van der Waals surface area contributed by atoms with Crippen molar-refractivity contribution in [1.82, 2.24) is 30.4 Å². The van der Waals surface area contributed by atoms with Crippen LogP contribution in [0.1, 0.15) is 24.0 Å². The minimum atomic E-state index is 0.402. The van der Waals surface area contributed by atoms with Crippen LogP contribution < -0.4 is 21.3 Å². The zero-order valence-electron chi connectivity index (χ0n) is 17.3. The number of piperidine rings is 1. The Labute approximate surface area is 176 Å². The number of aryl methyl sites for hydroxylation is 1. The van der Waals surface area contributed by atoms with Gasteiger partial charge in [-0.05, 0) is 62.2 Å². The fourth-order valence-electron chi connectivity index (χ4n) is 4.17. The lowest BCUT2D eigenvalue weighted by atomic mass is 10.0. The summed E-state index contributed by atoms with van der Waals surface area (Å²) in [5, 5.41) is 18.2. The molecule has 0 atom stereocenters. The summed E-state index contributed by atoms with van der Waals surface area (Å²) in [6.07, 6.45) is 8.98. The highest BCUT2D eigenvalue weighted by molar-refractivity contribution is 5.75. The number of nitrogens with zero attached hydrogens (tertiary/aromatic N) is 4. The zero-order chi connectivity index (χ0) is 20.3. The number of fused-ring (bicyclic) bond motifs is 1. The monoisotopic (exact) mass is 404 g/mol. The van der Waals surface area contributed by atoms with Crippen LogP contribution in [-0.4, -0.2) is 45.4 Å². The van der Waals surface area contributed by atoms with Gasteiger partial charge in [-0.25, -0.2) is 4.98 Å². The van der Waals surface area contributed by atoms with Gasteiger partial charge in [-0.2, -0.15) is 10.1 Å². The van der Waals surface area contributed by atoms with E-state index < -0.39 is 0 Å². The number of hydrogen-bond donors (Lipinski definition) is 4. The van der Waals surface area contributed by atoms with Gasteiger partial charge in [0.1, 0.15) is 5.82 Å². The van der Waals surface area contributed by atoms with E-state index in [1.165, 1.54) is 11.1 Å². The summed E-state index contributed by atoms with van der Waals surface area (Å²) < 4.78 is 1.80. The van der Waals surface area contributed by atoms with Crippen molar-refractivity contribution in [2.24, 2.45) is 7.05 Å². The molecule has 2 aliphatic rings. The average molecular weight is 405 g/mol. The number of nitrogens with one attached hydrogen (secondary N) is 4. The topological polar surface area (TPSA) is 91.7 Å². The predicted octanol–water partition coefficient (Wildman–Crippen LogP) is 2.43. The second kappa shape index (κ2) is 8.41. The highest BCUT2D eigenvalue weighted by atomic mass is 15.2. The summed E-state index contributed by atoms with van der Waals surface area (Å²) in [6, 6.07) is 6.91. The van der Waals surface area contributed by atoms with E-state index in [1.54, 1.807) is 4.68 Å². The number of anilines is 3. The molecular formula is C22H28N8. The Balaban J connectivity index is 1.43. The summed E-state index contributed by atoms with van der Waals surface area (Å²) >= 11 is 0. The minimum absolute atomic E-state index is 0.402. The standard InChI is InChI=1S/C22H28N8/c1-30-14-17(12-26-30)20-13-25-22(29-21(20)27-18-5-8-23-9-6-18)28-19-3-2-15-4-7-24-11-16(15)10-19/h2-3,10,12-14,18,23-24H,4-9,11H2,1H3,(H2,25,27,28,29). The molecule has 8 nitrogen and oxygen atoms in total. The molecule has 2 aliphatic heterocycles. The lowest BCUT2D eigenvalue weighted by Crippen LogP contribution is -2.35. The molecule has 30 heavy (non-hydrogen) atoms. The summed E-state index contributed by atoms with van der Waals surface area (Å²) in [4.78, 5) is 9.45. The molecule has 0 amide bonds. The van der Waals surface area contributed by atoms with Gasteiger partial charge < -0.3 is 21.3 Å². The molecule has 1 fully saturated rings. The number of aromatic nitrogens is 4. The van der Waals surface area contributed by atoms with Crippen molar-refractivity contribution in [2.75, 3.05) is 30.3 Å². The van der Waals surface area contributed by atoms with E-state index in [0.29, 0.717) is 12.0 Å². The fraction of sp³-hybridized carbons (Fsp3) is 0.409. The summed E-state index contributed by atoms with van der Waals surface area (Å²) in [7, 11) is 1.92. The second-order valence-corrected chi connectivity index (χ2v) is 8.06. The van der Waals surface area contributed by atoms with Crippen molar-refractivity contribution in [2.45, 2.75) is 31.8 Å². The van der Waals surface area contributed by atoms with Crippen molar-refractivity contribution in [3.63, 3.8) is 0 Å². The first-order valence-electron chi connectivity index (χ1n) is 10.7. The van der Waals surface area contributed by atoms with Crippen LogP contribution in [0.4, 0.5) is 17.5 Å². The van der Waals surface area contributed by atoms with Crippen molar-refractivity contribution >= 4 is 17.5 Å². The van der Waals surface area contributed by atoms with Gasteiger partial charge in [0.2, 0.25) is 5.95 Å². The summed E-state index contributed by atoms with van der Waals surface area (Å²) in [6.45, 7) is 4.01. The first kappa shape index (κ1) is 19.0. The maximum absolute atomic E-state index is 4.85. The first-order valence-corrected chi connectivity index (χ1v) is 10.7. The van der Waals surface area contributed by atoms with Crippen molar-refractivity contribution in [3.8, 4) is 11.1 Å². The molecule has 156 valence electrons. The molecule has 0 spiro atoms. The molecule has 0 saturated carbocycles. The van der Waals surface area contributed by atoms with E-state index in [2.05, 4.69) is 49.5 Å². The summed E-state index contributed by atoms with van der Waals surface area (Å²) in [5.74, 6) is 1.45. The highest BCUT2D eigenvalue weighted by Gasteiger charge is 2.18. The maximum Gasteiger partial charge on any atom is 0.229 e. The minimum Gasteiger partial charge on any atom is -0.367 e. The molecule has 4 N–H and O–H groups in total. The van der Waals surface area contributed by atoms with Crippen LogP contribution in [0.3, 0.4) is 0 Å². The molecule has 1 saturated heterocycles. The molecule has 4 heterocycles. The summed E-state index contributed by atoms with van der Waals surface area (Å²) in [5.41, 5.74) is 5.76. The van der Waals surface area contributed by atoms with Gasteiger partial charge in [0.15, 0.2) is 0 Å². The van der Waals surface area contributed by atoms with E-state index in [1.807, 2.05) is 25.6 Å². The van der Waals surface area contributed by atoms with Crippen LogP contribution in [-0.2, 0) is 20.0 Å². The Morgan fingerprint density at radius 2 is 1.97 bits per heavy atom. The molecule has 1 aromatic carbocycles. The maximum atomic E-state index is 4.85. The van der Waals surface area contributed by atoms with Crippen LogP contribution in [0, 0.1) is 0 Å². The van der Waals surface area contributed by atoms with Crippen LogP contribution in [0.2, 0.25) is 0 Å². The van der Waals surface area contributed by atoms with E-state index in [0.717, 1.165) is 68.1 Å². The van der Waals surface area contributed by atoms with Crippen molar-refractivity contribution < 1.29 is 0 Å². The third-order valence-corrected chi connectivity index (χ3v) is 5.83. The van der Waals surface area contributed by atoms with Crippen molar-refractivity contribution in [3.05, 3.63) is 47.9 Å². The molecule has 0 bridgehead atoms. The second-order valence-electron chi connectivity index (χ2n) is 8.06. The fourth-order valence-corrected chi connectivity index (χ4v) is 4.17. The quantitative estimate of drug-likeness (QED) is 0.519. The zero-order valence-corrected chi connectivity index (χ0v) is 17.3. The Bertz CT molecular complexity index is 1020.